The van der Waals surface area contributed by atoms with Gasteiger partial charge in [-0.2, -0.15) is 0 Å². The fourth-order valence-corrected chi connectivity index (χ4v) is 14.2. The summed E-state index contributed by atoms with van der Waals surface area (Å²) in [6, 6.07) is 89.2. The van der Waals surface area contributed by atoms with E-state index in [1.165, 1.54) is 86.7 Å². The molecule has 0 saturated carbocycles. The first-order valence-electron chi connectivity index (χ1n) is 26.8. The number of hydrogen-bond donors (Lipinski definition) is 0. The van der Waals surface area contributed by atoms with Gasteiger partial charge in [-0.25, -0.2) is 9.97 Å². The van der Waals surface area contributed by atoms with Crippen molar-refractivity contribution in [2.45, 2.75) is 0 Å². The second-order valence-electron chi connectivity index (χ2n) is 21.2. The minimum atomic E-state index is 0.867. The average Bonchev–Trinajstić information content (AvgIpc) is 4.39. The van der Waals surface area contributed by atoms with Gasteiger partial charge in [0.15, 0.2) is 11.3 Å². The van der Waals surface area contributed by atoms with E-state index in [1.54, 1.807) is 0 Å². The Morgan fingerprint density at radius 1 is 0.256 bits per heavy atom. The number of rotatable bonds is 4. The highest BCUT2D eigenvalue weighted by Crippen LogP contribution is 2.50. The summed E-state index contributed by atoms with van der Waals surface area (Å²) in [5.74, 6) is 0. The van der Waals surface area contributed by atoms with E-state index in [1.807, 2.05) is 0 Å². The molecular formula is C72H40N6. The van der Waals surface area contributed by atoms with Crippen molar-refractivity contribution in [2.24, 2.45) is 0 Å². The van der Waals surface area contributed by atoms with E-state index in [2.05, 4.69) is 261 Å². The van der Waals surface area contributed by atoms with E-state index in [9.17, 15) is 0 Å². The highest BCUT2D eigenvalue weighted by molar-refractivity contribution is 6.36. The van der Waals surface area contributed by atoms with E-state index >= 15 is 0 Å². The molecule has 0 N–H and O–H groups in total. The Kier molecular flexibility index (Phi) is 7.65. The maximum Gasteiger partial charge on any atom is 0.165 e. The Morgan fingerprint density at radius 2 is 0.731 bits per heavy atom. The van der Waals surface area contributed by atoms with Crippen LogP contribution in [0, 0.1) is 0 Å². The Hall–Kier alpha value is -10.6. The zero-order chi connectivity index (χ0) is 50.5. The molecule has 0 atom stereocenters. The molecule has 78 heavy (non-hydrogen) atoms. The van der Waals surface area contributed by atoms with E-state index < -0.39 is 0 Å². The molecule has 0 fully saturated rings. The van der Waals surface area contributed by atoms with Crippen LogP contribution in [0.5, 0.6) is 0 Å². The van der Waals surface area contributed by atoms with Gasteiger partial charge in [0.05, 0.1) is 44.1 Å². The predicted molar refractivity (Wildman–Crippen MR) is 326 cm³/mol. The first-order chi connectivity index (χ1) is 38.7. The zero-order valence-electron chi connectivity index (χ0n) is 41.8. The zero-order valence-corrected chi connectivity index (χ0v) is 41.8. The molecule has 19 aromatic rings. The lowest BCUT2D eigenvalue weighted by Crippen LogP contribution is -1.94. The molecule has 0 amide bonds. The summed E-state index contributed by atoms with van der Waals surface area (Å²) in [7, 11) is 0. The van der Waals surface area contributed by atoms with Gasteiger partial charge in [-0.1, -0.05) is 170 Å². The summed E-state index contributed by atoms with van der Waals surface area (Å²) in [6.07, 6.45) is 0. The first kappa shape index (κ1) is 40.8. The van der Waals surface area contributed by atoms with Crippen LogP contribution in [-0.4, -0.2) is 27.9 Å². The van der Waals surface area contributed by atoms with Crippen LogP contribution in [0.1, 0.15) is 0 Å². The van der Waals surface area contributed by atoms with Gasteiger partial charge in [-0.05, 0) is 105 Å². The number of para-hydroxylation sites is 6. The molecule has 358 valence electrons. The van der Waals surface area contributed by atoms with Gasteiger partial charge in [0, 0.05) is 76.4 Å². The fraction of sp³-hybridized carbons (Fsp3) is 0. The van der Waals surface area contributed by atoms with Crippen LogP contribution in [-0.2, 0) is 0 Å². The van der Waals surface area contributed by atoms with E-state index in [0.717, 1.165) is 88.8 Å². The Bertz CT molecular complexity index is 5800. The molecule has 0 unspecified atom stereocenters. The largest absolute Gasteiger partial charge is 0.309 e. The van der Waals surface area contributed by atoms with Crippen molar-refractivity contribution in [2.75, 3.05) is 0 Å². The van der Waals surface area contributed by atoms with Crippen LogP contribution < -0.4 is 0 Å². The molecule has 12 aromatic carbocycles. The Labute approximate surface area is 443 Å². The van der Waals surface area contributed by atoms with Gasteiger partial charge in [0.2, 0.25) is 0 Å². The lowest BCUT2D eigenvalue weighted by Gasteiger charge is -2.11. The Morgan fingerprint density at radius 3 is 1.40 bits per heavy atom. The first-order valence-corrected chi connectivity index (χ1v) is 26.8. The monoisotopic (exact) mass is 988 g/mol. The second-order valence-corrected chi connectivity index (χ2v) is 21.2. The number of aromatic nitrogens is 6. The van der Waals surface area contributed by atoms with E-state index in [4.69, 9.17) is 9.97 Å². The van der Waals surface area contributed by atoms with Crippen LogP contribution in [0.25, 0.3) is 175 Å². The summed E-state index contributed by atoms with van der Waals surface area (Å²) in [6.45, 7) is 0. The van der Waals surface area contributed by atoms with Crippen LogP contribution in [0.4, 0.5) is 0 Å². The molecule has 7 heterocycles. The molecule has 0 aliphatic heterocycles. The summed E-state index contributed by atoms with van der Waals surface area (Å²) in [5.41, 5.74) is 19.8. The smallest absolute Gasteiger partial charge is 0.165 e. The third-order valence-corrected chi connectivity index (χ3v) is 17.3. The van der Waals surface area contributed by atoms with Crippen molar-refractivity contribution in [3.63, 3.8) is 0 Å². The average molecular weight is 989 g/mol. The van der Waals surface area contributed by atoms with Crippen LogP contribution >= 0.6 is 0 Å². The second kappa shape index (κ2) is 14.6. The van der Waals surface area contributed by atoms with Gasteiger partial charge in [0.25, 0.3) is 0 Å². The quantitative estimate of drug-likeness (QED) is 0.176. The summed E-state index contributed by atoms with van der Waals surface area (Å²) in [5, 5.41) is 16.8. The number of benzene rings is 12. The lowest BCUT2D eigenvalue weighted by molar-refractivity contribution is 1.18. The molecule has 6 nitrogen and oxygen atoms in total. The number of hydrogen-bond acceptors (Lipinski definition) is 2. The summed E-state index contributed by atoms with van der Waals surface area (Å²) < 4.78 is 9.70. The number of fused-ring (bicyclic) bond motifs is 22. The Balaban J connectivity index is 0.931. The minimum Gasteiger partial charge on any atom is -0.309 e. The number of nitrogens with zero attached hydrogens (tertiary/aromatic N) is 6. The molecule has 0 spiro atoms. The SMILES string of the molecule is c1ccc(-n2c3ccccc3c3cc(-c4cccc5c6cccc7c8nc9c(nc8n(c45)c67)c4c5ccccc5cc5c6c7ccccc7cc(-c7ccc8c(c7)c7ccccc7n8-c7ccccc7)c6n9c54)ccc32)cc1. The van der Waals surface area contributed by atoms with Crippen molar-refractivity contribution >= 4 is 142 Å². The summed E-state index contributed by atoms with van der Waals surface area (Å²) in [4.78, 5) is 11.9. The molecule has 0 radical (unpaired) electrons. The van der Waals surface area contributed by atoms with E-state index in [-0.39, 0.29) is 0 Å². The predicted octanol–water partition coefficient (Wildman–Crippen LogP) is 18.6. The molecule has 19 rings (SSSR count). The molecule has 0 bridgehead atoms. The van der Waals surface area contributed by atoms with Gasteiger partial charge in [-0.15, -0.1) is 0 Å². The van der Waals surface area contributed by atoms with Gasteiger partial charge >= 0.3 is 0 Å². The highest BCUT2D eigenvalue weighted by Gasteiger charge is 2.29. The van der Waals surface area contributed by atoms with Gasteiger partial charge < -0.3 is 9.13 Å². The van der Waals surface area contributed by atoms with Crippen molar-refractivity contribution in [1.82, 2.24) is 27.9 Å². The van der Waals surface area contributed by atoms with Crippen molar-refractivity contribution in [1.29, 1.82) is 0 Å². The topological polar surface area (TPSA) is 44.5 Å². The normalized spacial score (nSPS) is 12.6. The van der Waals surface area contributed by atoms with Crippen LogP contribution in [0.2, 0.25) is 0 Å². The lowest BCUT2D eigenvalue weighted by atomic mass is 9.94. The third-order valence-electron chi connectivity index (χ3n) is 17.3. The third kappa shape index (κ3) is 5.07. The maximum absolute atomic E-state index is 5.97. The van der Waals surface area contributed by atoms with Crippen molar-refractivity contribution in [3.05, 3.63) is 243 Å². The maximum atomic E-state index is 5.97. The molecule has 0 aliphatic carbocycles. The minimum absolute atomic E-state index is 0.867. The summed E-state index contributed by atoms with van der Waals surface area (Å²) >= 11 is 0. The molecule has 0 aliphatic rings. The fourth-order valence-electron chi connectivity index (χ4n) is 14.2. The molecule has 6 heteroatoms. The van der Waals surface area contributed by atoms with Gasteiger partial charge in [-0.3, -0.25) is 8.80 Å². The van der Waals surface area contributed by atoms with Crippen LogP contribution in [0.15, 0.2) is 243 Å². The molecular weight excluding hydrogens is 949 g/mol. The molecule has 7 aromatic heterocycles. The van der Waals surface area contributed by atoms with Crippen molar-refractivity contribution < 1.29 is 0 Å². The standard InChI is InChI=1S/C72H40N6/c1-3-19-45(20-4-1)75-59-31-13-11-25-50(59)56-38-43(33-35-61(56)75)49-27-15-28-52-53-29-16-30-54-65-71(77(67(49)52)68(53)54)74-66-64-48-24-10-8-18-42(48)40-58-63-47-23-9-7-17-41(47)37-55(69(63)78(70(58)64)72(66)73-65)44-34-36-62-57(39-44)51-26-12-14-32-60(51)76(62)46-21-5-2-6-22-46/h1-40H. The molecule has 0 saturated heterocycles. The van der Waals surface area contributed by atoms with Gasteiger partial charge in [0.1, 0.15) is 11.0 Å². The van der Waals surface area contributed by atoms with E-state index in [0.29, 0.717) is 0 Å². The van der Waals surface area contributed by atoms with Crippen molar-refractivity contribution in [3.8, 4) is 33.6 Å². The highest BCUT2D eigenvalue weighted by atomic mass is 15.1. The van der Waals surface area contributed by atoms with Crippen LogP contribution in [0.3, 0.4) is 0 Å².